The third-order valence-corrected chi connectivity index (χ3v) is 6.21. The van der Waals surface area contributed by atoms with Crippen molar-refractivity contribution in [1.82, 2.24) is 20.2 Å². The first-order valence-electron chi connectivity index (χ1n) is 9.35. The lowest BCUT2D eigenvalue weighted by Gasteiger charge is -2.32. The molecule has 0 aliphatic rings. The van der Waals surface area contributed by atoms with Gasteiger partial charge in [-0.1, -0.05) is 30.3 Å². The first kappa shape index (κ1) is 21.5. The summed E-state index contributed by atoms with van der Waals surface area (Å²) in [6.45, 7) is 3.15. The normalized spacial score (nSPS) is 13.4. The number of amides is 1. The third kappa shape index (κ3) is 4.69. The molecular weight excluding hydrogens is 404 g/mol. The molecule has 9 heteroatoms. The van der Waals surface area contributed by atoms with E-state index in [4.69, 9.17) is 4.74 Å². The fourth-order valence-electron chi connectivity index (χ4n) is 3.08. The van der Waals surface area contributed by atoms with Gasteiger partial charge in [0.05, 0.1) is 19.1 Å². The van der Waals surface area contributed by atoms with Crippen molar-refractivity contribution in [3.8, 4) is 16.9 Å². The standard InChI is InChI=1S/C21H24N4O4S/c1-4-30(27,28)25-21(2,17-8-6-5-7-9-17)24-20(26)15-10-11-18(19(12-15)29-3)16-13-22-23-14-16/h5-14,25H,4H2,1-3H3,(H,22,23)(H,24,26)/t21-/m0/s1. The number of nitrogens with zero attached hydrogens (tertiary/aromatic N) is 1. The van der Waals surface area contributed by atoms with E-state index in [1.54, 1.807) is 61.8 Å². The van der Waals surface area contributed by atoms with Gasteiger partial charge in [0.1, 0.15) is 11.4 Å². The van der Waals surface area contributed by atoms with Crippen LogP contribution < -0.4 is 14.8 Å². The van der Waals surface area contributed by atoms with Crippen LogP contribution in [0.15, 0.2) is 60.9 Å². The minimum absolute atomic E-state index is 0.113. The number of benzene rings is 2. The fraction of sp³-hybridized carbons (Fsp3) is 0.238. The Bertz CT molecular complexity index is 1120. The first-order valence-corrected chi connectivity index (χ1v) is 11.0. The Morgan fingerprint density at radius 3 is 2.53 bits per heavy atom. The molecule has 2 aromatic carbocycles. The summed E-state index contributed by atoms with van der Waals surface area (Å²) in [6.07, 6.45) is 3.38. The maximum Gasteiger partial charge on any atom is 0.253 e. The summed E-state index contributed by atoms with van der Waals surface area (Å²) < 4.78 is 32.6. The molecule has 0 saturated heterocycles. The van der Waals surface area contributed by atoms with Gasteiger partial charge in [-0.15, -0.1) is 0 Å². The van der Waals surface area contributed by atoms with Crippen LogP contribution >= 0.6 is 0 Å². The van der Waals surface area contributed by atoms with Crippen molar-refractivity contribution in [1.29, 1.82) is 0 Å². The molecule has 0 aliphatic heterocycles. The lowest BCUT2D eigenvalue weighted by atomic mass is 10.0. The Morgan fingerprint density at radius 1 is 1.20 bits per heavy atom. The van der Waals surface area contributed by atoms with Gasteiger partial charge in [0, 0.05) is 22.9 Å². The SMILES string of the molecule is CCS(=O)(=O)N[C@](C)(NC(=O)c1ccc(-c2cn[nH]c2)c(OC)c1)c1ccccc1. The number of methoxy groups -OCH3 is 1. The predicted octanol–water partition coefficient (Wildman–Crippen LogP) is 2.63. The van der Waals surface area contributed by atoms with E-state index in [0.717, 1.165) is 11.1 Å². The number of H-pyrrole nitrogens is 1. The number of carbonyl (C=O) groups excluding carboxylic acids is 1. The topological polar surface area (TPSA) is 113 Å². The average molecular weight is 429 g/mol. The maximum absolute atomic E-state index is 13.1. The second-order valence-electron chi connectivity index (χ2n) is 6.85. The Labute approximate surface area is 175 Å². The van der Waals surface area contributed by atoms with Crippen LogP contribution in [0.2, 0.25) is 0 Å². The van der Waals surface area contributed by atoms with Crippen LogP contribution in [0, 0.1) is 0 Å². The van der Waals surface area contributed by atoms with E-state index in [2.05, 4.69) is 20.2 Å². The third-order valence-electron chi connectivity index (χ3n) is 4.73. The van der Waals surface area contributed by atoms with Crippen molar-refractivity contribution in [3.05, 3.63) is 72.1 Å². The largest absolute Gasteiger partial charge is 0.496 e. The monoisotopic (exact) mass is 428 g/mol. The highest BCUT2D eigenvalue weighted by Crippen LogP contribution is 2.30. The quantitative estimate of drug-likeness (QED) is 0.478. The predicted molar refractivity (Wildman–Crippen MR) is 114 cm³/mol. The molecule has 3 N–H and O–H groups in total. The maximum atomic E-state index is 13.1. The molecule has 1 aromatic heterocycles. The summed E-state index contributed by atoms with van der Waals surface area (Å²) in [4.78, 5) is 13.1. The molecule has 1 atom stereocenters. The van der Waals surface area contributed by atoms with Crippen LogP contribution in [-0.2, 0) is 15.7 Å². The smallest absolute Gasteiger partial charge is 0.253 e. The van der Waals surface area contributed by atoms with E-state index in [1.807, 2.05) is 6.07 Å². The Morgan fingerprint density at radius 2 is 1.93 bits per heavy atom. The van der Waals surface area contributed by atoms with Gasteiger partial charge in [0.15, 0.2) is 0 Å². The minimum Gasteiger partial charge on any atom is -0.496 e. The van der Waals surface area contributed by atoms with Crippen molar-refractivity contribution in [3.63, 3.8) is 0 Å². The molecule has 158 valence electrons. The summed E-state index contributed by atoms with van der Waals surface area (Å²) in [5.41, 5.74) is 1.21. The van der Waals surface area contributed by atoms with Crippen molar-refractivity contribution >= 4 is 15.9 Å². The number of ether oxygens (including phenoxy) is 1. The number of rotatable bonds is 8. The van der Waals surface area contributed by atoms with Gasteiger partial charge in [0.25, 0.3) is 5.91 Å². The first-order chi connectivity index (χ1) is 14.3. The number of aromatic nitrogens is 2. The average Bonchev–Trinajstić information content (AvgIpc) is 3.28. The Hall–Kier alpha value is -3.17. The lowest BCUT2D eigenvalue weighted by molar-refractivity contribution is 0.0899. The van der Waals surface area contributed by atoms with E-state index in [-0.39, 0.29) is 5.75 Å². The number of hydrogen-bond acceptors (Lipinski definition) is 5. The molecular formula is C21H24N4O4S. The highest BCUT2D eigenvalue weighted by atomic mass is 32.2. The molecule has 30 heavy (non-hydrogen) atoms. The molecule has 0 unspecified atom stereocenters. The molecule has 1 heterocycles. The van der Waals surface area contributed by atoms with E-state index in [0.29, 0.717) is 16.9 Å². The highest BCUT2D eigenvalue weighted by molar-refractivity contribution is 7.89. The lowest BCUT2D eigenvalue weighted by Crippen LogP contribution is -2.56. The second kappa shape index (κ2) is 8.68. The molecule has 0 bridgehead atoms. The molecule has 0 radical (unpaired) electrons. The summed E-state index contributed by atoms with van der Waals surface area (Å²) in [7, 11) is -2.08. The zero-order valence-corrected chi connectivity index (χ0v) is 17.8. The molecule has 0 aliphatic carbocycles. The van der Waals surface area contributed by atoms with E-state index in [1.165, 1.54) is 14.0 Å². The summed E-state index contributed by atoms with van der Waals surface area (Å²) in [6, 6.07) is 13.9. The number of aromatic amines is 1. The van der Waals surface area contributed by atoms with Crippen LogP contribution in [0.1, 0.15) is 29.8 Å². The molecule has 3 aromatic rings. The van der Waals surface area contributed by atoms with Crippen molar-refractivity contribution in [2.45, 2.75) is 19.5 Å². The van der Waals surface area contributed by atoms with E-state index >= 15 is 0 Å². The van der Waals surface area contributed by atoms with E-state index in [9.17, 15) is 13.2 Å². The zero-order valence-electron chi connectivity index (χ0n) is 17.0. The summed E-state index contributed by atoms with van der Waals surface area (Å²) in [5.74, 6) is -0.0600. The van der Waals surface area contributed by atoms with Gasteiger partial charge in [0.2, 0.25) is 10.0 Å². The van der Waals surface area contributed by atoms with Crippen molar-refractivity contribution < 1.29 is 17.9 Å². The van der Waals surface area contributed by atoms with Gasteiger partial charge >= 0.3 is 0 Å². The second-order valence-corrected chi connectivity index (χ2v) is 8.86. The van der Waals surface area contributed by atoms with Gasteiger partial charge in [-0.3, -0.25) is 9.89 Å². The van der Waals surface area contributed by atoms with Crippen LogP contribution in [0.4, 0.5) is 0 Å². The van der Waals surface area contributed by atoms with Gasteiger partial charge in [-0.2, -0.15) is 9.82 Å². The summed E-state index contributed by atoms with van der Waals surface area (Å²) >= 11 is 0. The van der Waals surface area contributed by atoms with E-state index < -0.39 is 21.6 Å². The van der Waals surface area contributed by atoms with Crippen LogP contribution in [0.5, 0.6) is 5.75 Å². The highest BCUT2D eigenvalue weighted by Gasteiger charge is 2.33. The number of hydrogen-bond donors (Lipinski definition) is 3. The minimum atomic E-state index is -3.60. The molecule has 0 fully saturated rings. The molecule has 3 rings (SSSR count). The number of sulfonamides is 1. The molecule has 0 saturated carbocycles. The van der Waals surface area contributed by atoms with Gasteiger partial charge in [-0.25, -0.2) is 8.42 Å². The fourth-order valence-corrected chi connectivity index (χ4v) is 4.01. The van der Waals surface area contributed by atoms with Crippen LogP contribution in [0.3, 0.4) is 0 Å². The Balaban J connectivity index is 1.94. The van der Waals surface area contributed by atoms with Crippen LogP contribution in [0.25, 0.3) is 11.1 Å². The summed E-state index contributed by atoms with van der Waals surface area (Å²) in [5, 5.41) is 9.49. The van der Waals surface area contributed by atoms with Gasteiger partial charge in [-0.05, 0) is 37.6 Å². The van der Waals surface area contributed by atoms with Gasteiger partial charge < -0.3 is 10.1 Å². The molecule has 0 spiro atoms. The number of carbonyl (C=O) groups is 1. The molecule has 1 amide bonds. The Kier molecular flexibility index (Phi) is 6.23. The molecule has 8 nitrogen and oxygen atoms in total. The van der Waals surface area contributed by atoms with Crippen LogP contribution in [-0.4, -0.2) is 37.4 Å². The van der Waals surface area contributed by atoms with Crippen molar-refractivity contribution in [2.75, 3.05) is 12.9 Å². The number of nitrogens with one attached hydrogen (secondary N) is 3. The zero-order chi connectivity index (χ0) is 21.8. The van der Waals surface area contributed by atoms with Crippen molar-refractivity contribution in [2.24, 2.45) is 0 Å².